The lowest BCUT2D eigenvalue weighted by atomic mass is 9.95. The number of anilines is 1. The van der Waals surface area contributed by atoms with Gasteiger partial charge in [0.2, 0.25) is 15.9 Å². The topological polar surface area (TPSA) is 75.7 Å². The molecule has 0 radical (unpaired) electrons. The molecule has 2 aromatic rings. The fourth-order valence-corrected chi connectivity index (χ4v) is 5.78. The van der Waals surface area contributed by atoms with Crippen LogP contribution in [-0.2, 0) is 14.8 Å². The summed E-state index contributed by atoms with van der Waals surface area (Å²) in [6.45, 7) is 1.57. The number of ether oxygens (including phenoxy) is 1. The van der Waals surface area contributed by atoms with Gasteiger partial charge in [0.1, 0.15) is 10.6 Å². The van der Waals surface area contributed by atoms with Crippen molar-refractivity contribution in [3.05, 3.63) is 53.1 Å². The van der Waals surface area contributed by atoms with E-state index in [9.17, 15) is 13.2 Å². The summed E-state index contributed by atoms with van der Waals surface area (Å²) in [4.78, 5) is 12.9. The molecule has 1 amide bonds. The highest BCUT2D eigenvalue weighted by Gasteiger charge is 2.35. The number of benzene rings is 2. The number of nitrogens with zero attached hydrogens (tertiary/aromatic N) is 1. The Morgan fingerprint density at radius 3 is 2.43 bits per heavy atom. The Balaban J connectivity index is 1.91. The first kappa shape index (κ1) is 22.6. The summed E-state index contributed by atoms with van der Waals surface area (Å²) in [5, 5.41) is 3.33. The van der Waals surface area contributed by atoms with Crippen molar-refractivity contribution in [2.75, 3.05) is 19.0 Å². The first-order chi connectivity index (χ1) is 14.3. The van der Waals surface area contributed by atoms with Gasteiger partial charge in [0.15, 0.2) is 0 Å². The summed E-state index contributed by atoms with van der Waals surface area (Å²) in [6.07, 6.45) is 4.44. The summed E-state index contributed by atoms with van der Waals surface area (Å²) >= 11 is 5.89. The number of sulfonamides is 1. The number of methoxy groups -OCH3 is 1. The van der Waals surface area contributed by atoms with Crippen molar-refractivity contribution in [3.63, 3.8) is 0 Å². The molecule has 1 fully saturated rings. The van der Waals surface area contributed by atoms with Crippen molar-refractivity contribution in [1.82, 2.24) is 4.31 Å². The van der Waals surface area contributed by atoms with Crippen LogP contribution in [0.2, 0.25) is 5.02 Å². The van der Waals surface area contributed by atoms with Crippen molar-refractivity contribution >= 4 is 33.2 Å². The van der Waals surface area contributed by atoms with Gasteiger partial charge < -0.3 is 10.1 Å². The lowest BCUT2D eigenvalue weighted by Gasteiger charge is -2.33. The van der Waals surface area contributed by atoms with E-state index < -0.39 is 15.9 Å². The quantitative estimate of drug-likeness (QED) is 0.667. The second-order valence-electron chi connectivity index (χ2n) is 7.55. The average Bonchev–Trinajstić information content (AvgIpc) is 2.74. The van der Waals surface area contributed by atoms with Crippen molar-refractivity contribution in [2.45, 2.75) is 50.0 Å². The summed E-state index contributed by atoms with van der Waals surface area (Å²) in [6, 6.07) is 11.5. The molecule has 0 saturated heterocycles. The minimum atomic E-state index is -3.93. The minimum absolute atomic E-state index is 0.0925. The number of aryl methyl sites for hydroxylation is 1. The van der Waals surface area contributed by atoms with E-state index in [4.69, 9.17) is 16.3 Å². The molecular formula is C22H27ClN2O4S. The molecule has 0 aliphatic heterocycles. The highest BCUT2D eigenvalue weighted by atomic mass is 35.5. The van der Waals surface area contributed by atoms with Gasteiger partial charge in [0.25, 0.3) is 0 Å². The van der Waals surface area contributed by atoms with Gasteiger partial charge in [-0.2, -0.15) is 4.31 Å². The van der Waals surface area contributed by atoms with E-state index in [1.807, 2.05) is 6.92 Å². The van der Waals surface area contributed by atoms with Gasteiger partial charge in [-0.05, 0) is 61.7 Å². The maximum Gasteiger partial charge on any atom is 0.247 e. The number of rotatable bonds is 7. The summed E-state index contributed by atoms with van der Waals surface area (Å²) in [5.41, 5.74) is 1.38. The molecule has 30 heavy (non-hydrogen) atoms. The van der Waals surface area contributed by atoms with Crippen LogP contribution in [0.1, 0.15) is 37.7 Å². The lowest BCUT2D eigenvalue weighted by molar-refractivity contribution is -0.116. The van der Waals surface area contributed by atoms with Crippen LogP contribution >= 0.6 is 11.6 Å². The Morgan fingerprint density at radius 2 is 1.80 bits per heavy atom. The van der Waals surface area contributed by atoms with Crippen molar-refractivity contribution in [3.8, 4) is 5.75 Å². The van der Waals surface area contributed by atoms with Gasteiger partial charge in [-0.25, -0.2) is 8.42 Å². The summed E-state index contributed by atoms with van der Waals surface area (Å²) < 4.78 is 33.9. The van der Waals surface area contributed by atoms with E-state index in [1.165, 1.54) is 11.4 Å². The third-order valence-electron chi connectivity index (χ3n) is 5.32. The zero-order valence-corrected chi connectivity index (χ0v) is 18.8. The number of hydrogen-bond acceptors (Lipinski definition) is 4. The number of carbonyl (C=O) groups is 1. The Morgan fingerprint density at radius 1 is 1.13 bits per heavy atom. The number of hydrogen-bond donors (Lipinski definition) is 1. The van der Waals surface area contributed by atoms with Gasteiger partial charge in [0.05, 0.1) is 13.7 Å². The lowest BCUT2D eigenvalue weighted by Crippen LogP contribution is -2.45. The molecule has 1 saturated carbocycles. The highest BCUT2D eigenvalue weighted by Crippen LogP contribution is 2.32. The van der Waals surface area contributed by atoms with Gasteiger partial charge in [-0.3, -0.25) is 4.79 Å². The van der Waals surface area contributed by atoms with E-state index in [1.54, 1.807) is 42.5 Å². The molecule has 6 nitrogen and oxygen atoms in total. The first-order valence-electron chi connectivity index (χ1n) is 10.0. The molecule has 3 rings (SSSR count). The fraction of sp³-hybridized carbons (Fsp3) is 0.409. The van der Waals surface area contributed by atoms with Crippen molar-refractivity contribution < 1.29 is 17.9 Å². The zero-order chi connectivity index (χ0) is 21.7. The minimum Gasteiger partial charge on any atom is -0.495 e. The standard InChI is InChI=1S/C22H27ClN2O4S/c1-16-8-13-20(29-2)21(14-16)30(27,28)25(19-6-4-3-5-7-19)15-22(26)24-18-11-9-17(23)10-12-18/h8-14,19H,3-7,15H2,1-2H3,(H,24,26). The van der Waals surface area contributed by atoms with Crippen LogP contribution in [0.4, 0.5) is 5.69 Å². The highest BCUT2D eigenvalue weighted by molar-refractivity contribution is 7.89. The molecule has 0 bridgehead atoms. The predicted molar refractivity (Wildman–Crippen MR) is 119 cm³/mol. The molecule has 0 unspecified atom stereocenters. The van der Waals surface area contributed by atoms with E-state index in [0.717, 1.165) is 37.7 Å². The van der Waals surface area contributed by atoms with Gasteiger partial charge in [-0.15, -0.1) is 0 Å². The molecule has 1 aliphatic rings. The van der Waals surface area contributed by atoms with E-state index >= 15 is 0 Å². The van der Waals surface area contributed by atoms with Gasteiger partial charge in [-0.1, -0.05) is 36.9 Å². The molecule has 1 aliphatic carbocycles. The number of nitrogens with one attached hydrogen (secondary N) is 1. The molecule has 0 heterocycles. The van der Waals surface area contributed by atoms with Crippen molar-refractivity contribution in [1.29, 1.82) is 0 Å². The Bertz CT molecular complexity index is 987. The molecular weight excluding hydrogens is 424 g/mol. The van der Waals surface area contributed by atoms with Crippen LogP contribution < -0.4 is 10.1 Å². The molecule has 2 aromatic carbocycles. The zero-order valence-electron chi connectivity index (χ0n) is 17.2. The van der Waals surface area contributed by atoms with Crippen LogP contribution in [0.3, 0.4) is 0 Å². The maximum absolute atomic E-state index is 13.6. The second kappa shape index (κ2) is 9.81. The Hall–Kier alpha value is -2.09. The summed E-state index contributed by atoms with van der Waals surface area (Å²) in [7, 11) is -2.49. The monoisotopic (exact) mass is 450 g/mol. The molecule has 0 aromatic heterocycles. The average molecular weight is 451 g/mol. The van der Waals surface area contributed by atoms with E-state index in [0.29, 0.717) is 10.7 Å². The van der Waals surface area contributed by atoms with Crippen LogP contribution in [0.5, 0.6) is 5.75 Å². The largest absolute Gasteiger partial charge is 0.495 e. The van der Waals surface area contributed by atoms with E-state index in [-0.39, 0.29) is 23.2 Å². The Labute approximate surface area is 183 Å². The van der Waals surface area contributed by atoms with Crippen LogP contribution in [0, 0.1) is 6.92 Å². The molecule has 1 N–H and O–H groups in total. The first-order valence-corrected chi connectivity index (χ1v) is 11.8. The molecule has 0 atom stereocenters. The number of carbonyl (C=O) groups excluding carboxylic acids is 1. The molecule has 162 valence electrons. The van der Waals surface area contributed by atoms with Crippen LogP contribution in [0.25, 0.3) is 0 Å². The summed E-state index contributed by atoms with van der Waals surface area (Å²) in [5.74, 6) is -0.113. The predicted octanol–water partition coefficient (Wildman–Crippen LogP) is 4.62. The van der Waals surface area contributed by atoms with Crippen molar-refractivity contribution in [2.24, 2.45) is 0 Å². The number of halogens is 1. The number of amides is 1. The third kappa shape index (κ3) is 5.33. The van der Waals surface area contributed by atoms with Gasteiger partial charge >= 0.3 is 0 Å². The SMILES string of the molecule is COc1ccc(C)cc1S(=O)(=O)N(CC(=O)Nc1ccc(Cl)cc1)C1CCCCC1. The fourth-order valence-electron chi connectivity index (χ4n) is 3.77. The normalized spacial score (nSPS) is 15.2. The second-order valence-corrected chi connectivity index (χ2v) is 9.85. The maximum atomic E-state index is 13.6. The van der Waals surface area contributed by atoms with Gasteiger partial charge in [0, 0.05) is 16.8 Å². The van der Waals surface area contributed by atoms with E-state index in [2.05, 4.69) is 5.32 Å². The van der Waals surface area contributed by atoms with Crippen LogP contribution in [0.15, 0.2) is 47.4 Å². The smallest absolute Gasteiger partial charge is 0.247 e. The molecule has 0 spiro atoms. The van der Waals surface area contributed by atoms with Crippen LogP contribution in [-0.4, -0.2) is 38.3 Å². The third-order valence-corrected chi connectivity index (χ3v) is 7.49. The Kier molecular flexibility index (Phi) is 7.39. The molecule has 8 heteroatoms.